The number of benzene rings is 4. The predicted molar refractivity (Wildman–Crippen MR) is 196 cm³/mol. The first-order valence-corrected chi connectivity index (χ1v) is 16.8. The van der Waals surface area contributed by atoms with Crippen LogP contribution in [0.5, 0.6) is 0 Å². The van der Waals surface area contributed by atoms with E-state index in [-0.39, 0.29) is 19.4 Å². The number of esters is 1. The van der Waals surface area contributed by atoms with E-state index < -0.39 is 54.2 Å². The quantitative estimate of drug-likeness (QED) is 0.0762. The number of aliphatic hydroxyl groups is 1. The van der Waals surface area contributed by atoms with Crippen molar-refractivity contribution in [2.24, 2.45) is 11.8 Å². The van der Waals surface area contributed by atoms with Crippen molar-refractivity contribution in [3.05, 3.63) is 140 Å². The molecule has 0 aliphatic carbocycles. The molecule has 0 aliphatic heterocycles. The van der Waals surface area contributed by atoms with Gasteiger partial charge in [0.25, 0.3) is 5.91 Å². The second-order valence-corrected chi connectivity index (χ2v) is 12.2. The zero-order chi connectivity index (χ0) is 35.7. The Morgan fingerprint density at radius 2 is 1.30 bits per heavy atom. The van der Waals surface area contributed by atoms with Gasteiger partial charge in [-0.1, -0.05) is 103 Å². The molecule has 0 aromatic heterocycles. The third kappa shape index (κ3) is 11.6. The number of hydrogen-bond donors (Lipinski definition) is 4. The molecule has 0 bridgehead atoms. The van der Waals surface area contributed by atoms with Gasteiger partial charge in [-0.3, -0.25) is 19.2 Å². The number of ether oxygens (including phenoxy) is 1. The second kappa shape index (κ2) is 19.5. The Bertz CT molecular complexity index is 1740. The minimum Gasteiger partial charge on any atom is -0.463 e. The normalized spacial score (nSPS) is 13.2. The molecule has 9 heteroatoms. The Labute approximate surface area is 293 Å². The van der Waals surface area contributed by atoms with Crippen molar-refractivity contribution in [1.29, 1.82) is 0 Å². The number of amides is 3. The van der Waals surface area contributed by atoms with Crippen LogP contribution < -0.4 is 16.0 Å². The van der Waals surface area contributed by atoms with Gasteiger partial charge >= 0.3 is 5.97 Å². The molecule has 0 unspecified atom stereocenters. The van der Waals surface area contributed by atoms with Crippen LogP contribution in [0.1, 0.15) is 30.4 Å². The van der Waals surface area contributed by atoms with Crippen LogP contribution in [-0.2, 0) is 36.8 Å². The lowest BCUT2D eigenvalue weighted by Crippen LogP contribution is -2.50. The monoisotopic (exact) mass is 675 g/mol. The SMILES string of the molecule is C=CC[C@@H](CC(=O)N[C@@H](CO)Cc1ccccc1)C(=O)N[C@@H](COC(=O)[C@@H](CC=C)Cc1ccccc1)C(=O)Nc1ccc2ccccc2c1. The lowest BCUT2D eigenvalue weighted by molar-refractivity contribution is -0.150. The summed E-state index contributed by atoms with van der Waals surface area (Å²) in [4.78, 5) is 53.7. The molecule has 9 nitrogen and oxygen atoms in total. The predicted octanol–water partition coefficient (Wildman–Crippen LogP) is 5.54. The Morgan fingerprint density at radius 1 is 0.700 bits per heavy atom. The highest BCUT2D eigenvalue weighted by atomic mass is 16.5. The zero-order valence-corrected chi connectivity index (χ0v) is 28.1. The molecular weight excluding hydrogens is 630 g/mol. The number of fused-ring (bicyclic) bond motifs is 1. The second-order valence-electron chi connectivity index (χ2n) is 12.2. The summed E-state index contributed by atoms with van der Waals surface area (Å²) in [6, 6.07) is 30.3. The summed E-state index contributed by atoms with van der Waals surface area (Å²) in [6.07, 6.45) is 4.32. The lowest BCUT2D eigenvalue weighted by atomic mass is 9.96. The van der Waals surface area contributed by atoms with E-state index >= 15 is 0 Å². The van der Waals surface area contributed by atoms with E-state index in [9.17, 15) is 24.3 Å². The molecule has 0 aliphatic rings. The van der Waals surface area contributed by atoms with E-state index in [1.807, 2.05) is 97.1 Å². The van der Waals surface area contributed by atoms with Crippen molar-refractivity contribution >= 4 is 40.2 Å². The van der Waals surface area contributed by atoms with E-state index in [4.69, 9.17) is 4.74 Å². The molecule has 0 saturated heterocycles. The van der Waals surface area contributed by atoms with Crippen molar-refractivity contribution in [2.45, 2.75) is 44.2 Å². The van der Waals surface area contributed by atoms with Crippen LogP contribution in [-0.4, -0.2) is 54.1 Å². The van der Waals surface area contributed by atoms with Crippen LogP contribution in [0.15, 0.2) is 128 Å². The molecule has 4 rings (SSSR count). The van der Waals surface area contributed by atoms with Crippen LogP contribution in [0, 0.1) is 11.8 Å². The van der Waals surface area contributed by atoms with Crippen molar-refractivity contribution in [1.82, 2.24) is 10.6 Å². The van der Waals surface area contributed by atoms with E-state index in [1.54, 1.807) is 12.1 Å². The number of aliphatic hydroxyl groups excluding tert-OH is 1. The maximum absolute atomic E-state index is 13.7. The zero-order valence-electron chi connectivity index (χ0n) is 28.1. The number of allylic oxidation sites excluding steroid dienone is 2. The summed E-state index contributed by atoms with van der Waals surface area (Å²) in [7, 11) is 0. The number of carbonyl (C=O) groups excluding carboxylic acids is 4. The fourth-order valence-electron chi connectivity index (χ4n) is 5.67. The Hall–Kier alpha value is -5.54. The van der Waals surface area contributed by atoms with Gasteiger partial charge in [-0.15, -0.1) is 13.2 Å². The van der Waals surface area contributed by atoms with Crippen molar-refractivity contribution in [3.63, 3.8) is 0 Å². The Kier molecular flexibility index (Phi) is 14.5. The Balaban J connectivity index is 1.47. The number of rotatable bonds is 19. The molecule has 260 valence electrons. The first-order valence-electron chi connectivity index (χ1n) is 16.8. The summed E-state index contributed by atoms with van der Waals surface area (Å²) in [6.45, 7) is 6.81. The summed E-state index contributed by atoms with van der Waals surface area (Å²) in [5.41, 5.74) is 2.40. The Morgan fingerprint density at radius 3 is 1.94 bits per heavy atom. The maximum atomic E-state index is 13.7. The molecule has 4 N–H and O–H groups in total. The third-order valence-electron chi connectivity index (χ3n) is 8.32. The number of carbonyl (C=O) groups is 4. The molecule has 0 radical (unpaired) electrons. The highest BCUT2D eigenvalue weighted by molar-refractivity contribution is 5.99. The van der Waals surface area contributed by atoms with Gasteiger partial charge < -0.3 is 25.8 Å². The average Bonchev–Trinajstić information content (AvgIpc) is 3.13. The van der Waals surface area contributed by atoms with Gasteiger partial charge in [0.2, 0.25) is 11.8 Å². The summed E-state index contributed by atoms with van der Waals surface area (Å²) < 4.78 is 5.68. The van der Waals surface area contributed by atoms with Gasteiger partial charge in [0.05, 0.1) is 24.5 Å². The summed E-state index contributed by atoms with van der Waals surface area (Å²) in [5, 5.41) is 20.2. The topological polar surface area (TPSA) is 134 Å². The van der Waals surface area contributed by atoms with E-state index in [0.717, 1.165) is 21.9 Å². The molecule has 0 saturated carbocycles. The van der Waals surface area contributed by atoms with Crippen LogP contribution >= 0.6 is 0 Å². The average molecular weight is 676 g/mol. The smallest absolute Gasteiger partial charge is 0.309 e. The van der Waals surface area contributed by atoms with Crippen LogP contribution in [0.3, 0.4) is 0 Å². The van der Waals surface area contributed by atoms with Crippen LogP contribution in [0.2, 0.25) is 0 Å². The van der Waals surface area contributed by atoms with Gasteiger partial charge in [-0.2, -0.15) is 0 Å². The fourth-order valence-corrected chi connectivity index (χ4v) is 5.67. The van der Waals surface area contributed by atoms with Crippen molar-refractivity contribution in [3.8, 4) is 0 Å². The van der Waals surface area contributed by atoms with Crippen LogP contribution in [0.4, 0.5) is 5.69 Å². The van der Waals surface area contributed by atoms with E-state index in [2.05, 4.69) is 29.1 Å². The molecule has 4 aromatic rings. The first-order chi connectivity index (χ1) is 24.3. The molecule has 4 aromatic carbocycles. The number of hydrogen-bond acceptors (Lipinski definition) is 6. The first kappa shape index (κ1) is 37.3. The minimum atomic E-state index is -1.27. The molecule has 3 amide bonds. The van der Waals surface area contributed by atoms with Gasteiger partial charge in [0.15, 0.2) is 0 Å². The highest BCUT2D eigenvalue weighted by Gasteiger charge is 2.30. The van der Waals surface area contributed by atoms with Crippen molar-refractivity contribution < 1.29 is 29.0 Å². The molecule has 4 atom stereocenters. The standard InChI is InChI=1S/C41H45N3O6/c1-3-13-33(26-38(46)42-36(27-45)24-30-17-9-6-10-18-30)39(47)44-37(40(48)43-35-22-21-31-19-11-12-20-32(31)25-35)28-50-41(49)34(14-4-2)23-29-15-7-5-8-16-29/h3-12,15-22,25,33-34,36-37,45H,1-2,13-14,23-24,26-28H2,(H,42,46)(H,43,48)(H,44,47)/t33-,34-,36+,37-/m0/s1. The van der Waals surface area contributed by atoms with Gasteiger partial charge in [-0.25, -0.2) is 0 Å². The van der Waals surface area contributed by atoms with E-state index in [0.29, 0.717) is 24.9 Å². The van der Waals surface area contributed by atoms with E-state index in [1.165, 1.54) is 6.08 Å². The molecule has 0 spiro atoms. The fraction of sp³-hybridized carbons (Fsp3) is 0.268. The summed E-state index contributed by atoms with van der Waals surface area (Å²) in [5.74, 6) is -3.54. The van der Waals surface area contributed by atoms with Crippen molar-refractivity contribution in [2.75, 3.05) is 18.5 Å². The highest BCUT2D eigenvalue weighted by Crippen LogP contribution is 2.20. The van der Waals surface area contributed by atoms with Gasteiger partial charge in [-0.05, 0) is 59.7 Å². The van der Waals surface area contributed by atoms with Gasteiger partial charge in [0, 0.05) is 12.1 Å². The lowest BCUT2D eigenvalue weighted by Gasteiger charge is -2.23. The molecule has 0 heterocycles. The molecule has 0 fully saturated rings. The molecular formula is C41H45N3O6. The summed E-state index contributed by atoms with van der Waals surface area (Å²) >= 11 is 0. The maximum Gasteiger partial charge on any atom is 0.309 e. The minimum absolute atomic E-state index is 0.152. The largest absolute Gasteiger partial charge is 0.463 e. The third-order valence-corrected chi connectivity index (χ3v) is 8.32. The number of anilines is 1. The van der Waals surface area contributed by atoms with Crippen LogP contribution in [0.25, 0.3) is 10.8 Å². The number of nitrogens with one attached hydrogen (secondary N) is 3. The van der Waals surface area contributed by atoms with Gasteiger partial charge in [0.1, 0.15) is 12.6 Å². The molecule has 50 heavy (non-hydrogen) atoms.